The van der Waals surface area contributed by atoms with Gasteiger partial charge in [-0.25, -0.2) is 0 Å². The first kappa shape index (κ1) is 25.0. The van der Waals surface area contributed by atoms with Gasteiger partial charge in [0, 0.05) is 53.9 Å². The lowest BCUT2D eigenvalue weighted by Gasteiger charge is -2.41. The van der Waals surface area contributed by atoms with Crippen LogP contribution < -0.4 is 21.5 Å². The summed E-state index contributed by atoms with van der Waals surface area (Å²) in [6.45, 7) is 11.1. The van der Waals surface area contributed by atoms with Crippen LogP contribution in [0.25, 0.3) is 10.9 Å². The van der Waals surface area contributed by atoms with E-state index in [1.807, 2.05) is 50.8 Å². The van der Waals surface area contributed by atoms with Crippen LogP contribution in [-0.2, 0) is 13.6 Å². The molecule has 0 radical (unpaired) electrons. The molecule has 0 saturated heterocycles. The quantitative estimate of drug-likeness (QED) is 0.502. The second-order valence-corrected chi connectivity index (χ2v) is 10.4. The van der Waals surface area contributed by atoms with Gasteiger partial charge >= 0.3 is 0 Å². The summed E-state index contributed by atoms with van der Waals surface area (Å²) in [6.07, 6.45) is 5.90. The topological polar surface area (TPSA) is 109 Å². The Kier molecular flexibility index (Phi) is 6.77. The third kappa shape index (κ3) is 4.85. The van der Waals surface area contributed by atoms with Crippen LogP contribution in [0.1, 0.15) is 72.3 Å². The highest BCUT2D eigenvalue weighted by Gasteiger charge is 2.32. The molecule has 8 nitrogen and oxygen atoms in total. The summed E-state index contributed by atoms with van der Waals surface area (Å²) in [6, 6.07) is 4.20. The standard InChI is InChI=1S/C27H38N6O2/c1-7-33(19-8-10-27(5,28)11-9-19)24-18(4)20(13-23-22(24)15-30-32(23)6)25(34)29-14-21-16(2)12-17(3)31-26(21)35/h12-13,15,19H,7-11,14,28H2,1-6H3,(H,29,34)(H,31,35). The average molecular weight is 479 g/mol. The van der Waals surface area contributed by atoms with E-state index in [-0.39, 0.29) is 23.6 Å². The fourth-order valence-corrected chi connectivity index (χ4v) is 5.52. The van der Waals surface area contributed by atoms with Crippen molar-refractivity contribution in [3.8, 4) is 0 Å². The van der Waals surface area contributed by atoms with Gasteiger partial charge in [0.05, 0.1) is 17.4 Å². The van der Waals surface area contributed by atoms with Gasteiger partial charge in [0.25, 0.3) is 11.5 Å². The largest absolute Gasteiger partial charge is 0.368 e. The number of aromatic amines is 1. The maximum absolute atomic E-state index is 13.4. The Morgan fingerprint density at radius 2 is 1.97 bits per heavy atom. The molecular weight excluding hydrogens is 440 g/mol. The Morgan fingerprint density at radius 3 is 2.60 bits per heavy atom. The number of carbonyl (C=O) groups is 1. The Bertz CT molecular complexity index is 1310. The number of anilines is 1. The first-order chi connectivity index (χ1) is 16.5. The third-order valence-corrected chi connectivity index (χ3v) is 7.61. The molecule has 188 valence electrons. The van der Waals surface area contributed by atoms with Gasteiger partial charge in [-0.2, -0.15) is 5.10 Å². The van der Waals surface area contributed by atoms with Crippen molar-refractivity contribution in [1.82, 2.24) is 20.1 Å². The second kappa shape index (κ2) is 9.49. The van der Waals surface area contributed by atoms with Crippen molar-refractivity contribution in [2.75, 3.05) is 11.4 Å². The number of pyridine rings is 1. The number of fused-ring (bicyclic) bond motifs is 1. The van der Waals surface area contributed by atoms with Crippen LogP contribution >= 0.6 is 0 Å². The van der Waals surface area contributed by atoms with Crippen molar-refractivity contribution < 1.29 is 4.79 Å². The van der Waals surface area contributed by atoms with Crippen LogP contribution in [0.15, 0.2) is 23.1 Å². The molecular formula is C27H38N6O2. The number of amides is 1. The van der Waals surface area contributed by atoms with Gasteiger partial charge in [-0.3, -0.25) is 14.3 Å². The molecule has 3 aromatic rings. The molecule has 0 atom stereocenters. The minimum atomic E-state index is -0.194. The van der Waals surface area contributed by atoms with E-state index in [2.05, 4.69) is 34.1 Å². The molecule has 1 aromatic carbocycles. The highest BCUT2D eigenvalue weighted by molar-refractivity contribution is 6.05. The number of aromatic nitrogens is 3. The maximum atomic E-state index is 13.4. The van der Waals surface area contributed by atoms with E-state index in [9.17, 15) is 9.59 Å². The van der Waals surface area contributed by atoms with Gasteiger partial charge in [-0.15, -0.1) is 0 Å². The highest BCUT2D eigenvalue weighted by Crippen LogP contribution is 2.38. The lowest BCUT2D eigenvalue weighted by atomic mass is 9.80. The zero-order valence-corrected chi connectivity index (χ0v) is 21.8. The molecule has 2 heterocycles. The number of hydrogen-bond acceptors (Lipinski definition) is 5. The highest BCUT2D eigenvalue weighted by atomic mass is 16.1. The summed E-state index contributed by atoms with van der Waals surface area (Å²) in [7, 11) is 1.90. The van der Waals surface area contributed by atoms with Gasteiger partial charge in [0.15, 0.2) is 0 Å². The monoisotopic (exact) mass is 478 g/mol. The Hall–Kier alpha value is -3.13. The summed E-state index contributed by atoms with van der Waals surface area (Å²) in [5.74, 6) is -0.194. The van der Waals surface area contributed by atoms with Gasteiger partial charge in [-0.05, 0) is 83.6 Å². The summed E-state index contributed by atoms with van der Waals surface area (Å²) in [4.78, 5) is 31.1. The minimum absolute atomic E-state index is 0.109. The third-order valence-electron chi connectivity index (χ3n) is 7.61. The number of nitrogens with one attached hydrogen (secondary N) is 2. The molecule has 8 heteroatoms. The minimum Gasteiger partial charge on any atom is -0.368 e. The summed E-state index contributed by atoms with van der Waals surface area (Å²) in [5.41, 5.74) is 11.9. The van der Waals surface area contributed by atoms with Crippen molar-refractivity contribution in [3.05, 3.63) is 56.6 Å². The number of nitrogens with zero attached hydrogens (tertiary/aromatic N) is 3. The summed E-state index contributed by atoms with van der Waals surface area (Å²) in [5, 5.41) is 8.54. The Balaban J connectivity index is 1.70. The predicted molar refractivity (Wildman–Crippen MR) is 141 cm³/mol. The van der Waals surface area contributed by atoms with Crippen LogP contribution in [0.3, 0.4) is 0 Å². The van der Waals surface area contributed by atoms with E-state index < -0.39 is 0 Å². The van der Waals surface area contributed by atoms with Crippen molar-refractivity contribution in [1.29, 1.82) is 0 Å². The van der Waals surface area contributed by atoms with Crippen molar-refractivity contribution >= 4 is 22.5 Å². The second-order valence-electron chi connectivity index (χ2n) is 10.4. The van der Waals surface area contributed by atoms with Gasteiger partial charge in [-0.1, -0.05) is 0 Å². The zero-order chi connectivity index (χ0) is 25.5. The van der Waals surface area contributed by atoms with E-state index in [1.54, 1.807) is 0 Å². The van der Waals surface area contributed by atoms with Gasteiger partial charge in [0.1, 0.15) is 0 Å². The average Bonchev–Trinajstić information content (AvgIpc) is 3.15. The summed E-state index contributed by atoms with van der Waals surface area (Å²) < 4.78 is 1.82. The predicted octanol–water partition coefficient (Wildman–Crippen LogP) is 3.60. The molecule has 0 aliphatic heterocycles. The first-order valence-electron chi connectivity index (χ1n) is 12.5. The molecule has 2 aromatic heterocycles. The smallest absolute Gasteiger partial charge is 0.253 e. The van der Waals surface area contributed by atoms with E-state index in [1.165, 1.54) is 0 Å². The van der Waals surface area contributed by atoms with Crippen molar-refractivity contribution in [3.63, 3.8) is 0 Å². The molecule has 1 amide bonds. The Labute approximate surface area is 206 Å². The molecule has 35 heavy (non-hydrogen) atoms. The van der Waals surface area contributed by atoms with Gasteiger partial charge < -0.3 is 20.9 Å². The molecule has 0 unspecified atom stereocenters. The van der Waals surface area contributed by atoms with Crippen molar-refractivity contribution in [2.45, 2.75) is 78.4 Å². The SMILES string of the molecule is CCN(c1c(C)c(C(=O)NCc2c(C)cc(C)[nH]c2=O)cc2c1cnn2C)C1CCC(C)(N)CC1. The van der Waals surface area contributed by atoms with Crippen molar-refractivity contribution in [2.24, 2.45) is 12.8 Å². The van der Waals surface area contributed by atoms with Crippen LogP contribution in [0.2, 0.25) is 0 Å². The van der Waals surface area contributed by atoms with E-state index in [0.717, 1.165) is 65.6 Å². The normalized spacial score (nSPS) is 20.3. The number of carbonyl (C=O) groups excluding carboxylic acids is 1. The van der Waals surface area contributed by atoms with Crippen LogP contribution in [-0.4, -0.2) is 38.8 Å². The molecule has 0 bridgehead atoms. The molecule has 1 aliphatic rings. The zero-order valence-electron chi connectivity index (χ0n) is 21.8. The molecule has 0 spiro atoms. The number of aryl methyl sites for hydroxylation is 3. The maximum Gasteiger partial charge on any atom is 0.253 e. The van der Waals surface area contributed by atoms with E-state index in [0.29, 0.717) is 17.2 Å². The molecule has 1 aliphatic carbocycles. The fraction of sp³-hybridized carbons (Fsp3) is 0.519. The number of nitrogens with two attached hydrogens (primary N) is 1. The lowest BCUT2D eigenvalue weighted by Crippen LogP contribution is -2.47. The molecule has 1 fully saturated rings. The molecule has 1 saturated carbocycles. The van der Waals surface area contributed by atoms with E-state index in [4.69, 9.17) is 5.73 Å². The first-order valence-corrected chi connectivity index (χ1v) is 12.5. The summed E-state index contributed by atoms with van der Waals surface area (Å²) >= 11 is 0. The number of hydrogen-bond donors (Lipinski definition) is 3. The van der Waals surface area contributed by atoms with E-state index >= 15 is 0 Å². The fourth-order valence-electron chi connectivity index (χ4n) is 5.52. The van der Waals surface area contributed by atoms with Crippen LogP contribution in [0.5, 0.6) is 0 Å². The Morgan fingerprint density at radius 1 is 1.29 bits per heavy atom. The lowest BCUT2D eigenvalue weighted by molar-refractivity contribution is 0.0950. The van der Waals surface area contributed by atoms with Crippen LogP contribution in [0.4, 0.5) is 5.69 Å². The van der Waals surface area contributed by atoms with Gasteiger partial charge in [0.2, 0.25) is 0 Å². The van der Waals surface area contributed by atoms with Crippen LogP contribution in [0, 0.1) is 20.8 Å². The number of rotatable bonds is 6. The number of H-pyrrole nitrogens is 1. The molecule has 4 N–H and O–H groups in total. The molecule has 4 rings (SSSR count). The number of benzene rings is 1.